The van der Waals surface area contributed by atoms with Crippen LogP contribution in [-0.2, 0) is 11.2 Å². The van der Waals surface area contributed by atoms with Crippen LogP contribution in [0.15, 0.2) is 41.4 Å². The quantitative estimate of drug-likeness (QED) is 0.732. The molecule has 1 aromatic carbocycles. The highest BCUT2D eigenvalue weighted by atomic mass is 16.1. The van der Waals surface area contributed by atoms with Gasteiger partial charge >= 0.3 is 0 Å². The van der Waals surface area contributed by atoms with Gasteiger partial charge in [0, 0.05) is 11.6 Å². The van der Waals surface area contributed by atoms with E-state index < -0.39 is 0 Å². The van der Waals surface area contributed by atoms with Gasteiger partial charge < -0.3 is 4.98 Å². The van der Waals surface area contributed by atoms with Crippen LogP contribution in [0.4, 0.5) is 0 Å². The Hall–Kier alpha value is -2.16. The van der Waals surface area contributed by atoms with Gasteiger partial charge in [-0.15, -0.1) is 0 Å². The molecule has 2 aliphatic carbocycles. The van der Waals surface area contributed by atoms with E-state index in [2.05, 4.69) is 48.3 Å². The molecule has 28 heavy (non-hydrogen) atoms. The van der Waals surface area contributed by atoms with Crippen molar-refractivity contribution in [2.75, 3.05) is 0 Å². The standard InChI is InChI=1S/C25H30N2O/c1-2-8-19-20-15-22(17-11-6-7-12-17)27-23(20)24-21(25(19)28)14-18(26-24)13-16-9-4-3-5-10-16/h3-5,9-10,15,17-19,21,27H,2,6-8,11-14H2,1H3/t18-,19?,21?/m1/s1. The van der Waals surface area contributed by atoms with E-state index in [9.17, 15) is 4.79 Å². The molecule has 3 heteroatoms. The first kappa shape index (κ1) is 17.9. The number of benzene rings is 1. The Bertz CT molecular complexity index is 889. The van der Waals surface area contributed by atoms with E-state index in [1.54, 1.807) is 0 Å². The second-order valence-electron chi connectivity index (χ2n) is 8.93. The van der Waals surface area contributed by atoms with Gasteiger partial charge in [-0.25, -0.2) is 0 Å². The Morgan fingerprint density at radius 1 is 1.14 bits per heavy atom. The fourth-order valence-corrected chi connectivity index (χ4v) is 5.65. The van der Waals surface area contributed by atoms with Crippen LogP contribution in [0.5, 0.6) is 0 Å². The van der Waals surface area contributed by atoms with E-state index in [1.165, 1.54) is 48.2 Å². The summed E-state index contributed by atoms with van der Waals surface area (Å²) in [5.41, 5.74) is 6.15. The van der Waals surface area contributed by atoms with E-state index in [-0.39, 0.29) is 17.9 Å². The van der Waals surface area contributed by atoms with Crippen LogP contribution in [-0.4, -0.2) is 22.5 Å². The van der Waals surface area contributed by atoms with Crippen molar-refractivity contribution in [2.45, 2.75) is 76.2 Å². The zero-order chi connectivity index (χ0) is 19.1. The Kier molecular flexibility index (Phi) is 4.70. The van der Waals surface area contributed by atoms with Gasteiger partial charge in [0.15, 0.2) is 0 Å². The molecule has 1 fully saturated rings. The van der Waals surface area contributed by atoms with Crippen molar-refractivity contribution in [1.29, 1.82) is 0 Å². The van der Waals surface area contributed by atoms with E-state index in [0.717, 1.165) is 31.4 Å². The summed E-state index contributed by atoms with van der Waals surface area (Å²) in [5, 5.41) is 0. The number of hydrogen-bond donors (Lipinski definition) is 1. The van der Waals surface area contributed by atoms with Gasteiger partial charge in [0.25, 0.3) is 0 Å². The maximum absolute atomic E-state index is 13.4. The molecule has 5 rings (SSSR count). The van der Waals surface area contributed by atoms with Gasteiger partial charge in [-0.05, 0) is 55.2 Å². The number of nitrogens with zero attached hydrogens (tertiary/aromatic N) is 1. The lowest BCUT2D eigenvalue weighted by molar-refractivity contribution is -0.122. The number of carbonyl (C=O) groups is 1. The second kappa shape index (κ2) is 7.35. The first-order valence-electron chi connectivity index (χ1n) is 11.1. The van der Waals surface area contributed by atoms with Gasteiger partial charge in [0.1, 0.15) is 5.78 Å². The van der Waals surface area contributed by atoms with Crippen molar-refractivity contribution in [3.63, 3.8) is 0 Å². The van der Waals surface area contributed by atoms with Gasteiger partial charge in [-0.2, -0.15) is 0 Å². The van der Waals surface area contributed by atoms with Crippen LogP contribution < -0.4 is 0 Å². The smallest absolute Gasteiger partial charge is 0.149 e. The van der Waals surface area contributed by atoms with Crippen molar-refractivity contribution in [3.05, 3.63) is 58.9 Å². The normalized spacial score (nSPS) is 27.0. The molecule has 146 valence electrons. The monoisotopic (exact) mass is 374 g/mol. The number of aromatic nitrogens is 1. The average Bonchev–Trinajstić information content (AvgIpc) is 3.44. The predicted molar refractivity (Wildman–Crippen MR) is 113 cm³/mol. The zero-order valence-electron chi connectivity index (χ0n) is 16.8. The lowest BCUT2D eigenvalue weighted by atomic mass is 9.75. The Balaban J connectivity index is 1.49. The van der Waals surface area contributed by atoms with Crippen molar-refractivity contribution >= 4 is 11.5 Å². The SMILES string of the molecule is CCCC1C(=O)C2C[C@@H](Cc3ccccc3)N=C2c2[nH]c(C3CCCC3)cc21. The molecule has 0 amide bonds. The molecular formula is C25H30N2O. The number of Topliss-reactive ketones (excluding diaryl/α,β-unsaturated/α-hetero) is 1. The number of ketones is 1. The minimum atomic E-state index is -0.00663. The molecule has 0 saturated heterocycles. The molecule has 3 atom stereocenters. The van der Waals surface area contributed by atoms with Crippen LogP contribution >= 0.6 is 0 Å². The van der Waals surface area contributed by atoms with Crippen molar-refractivity contribution in [2.24, 2.45) is 10.9 Å². The lowest BCUT2D eigenvalue weighted by Crippen LogP contribution is -2.33. The van der Waals surface area contributed by atoms with Gasteiger partial charge in [0.2, 0.25) is 0 Å². The van der Waals surface area contributed by atoms with Crippen molar-refractivity contribution in [3.8, 4) is 0 Å². The third-order valence-electron chi connectivity index (χ3n) is 7.03. The largest absolute Gasteiger partial charge is 0.357 e. The summed E-state index contributed by atoms with van der Waals surface area (Å²) in [5.74, 6) is 1.11. The summed E-state index contributed by atoms with van der Waals surface area (Å²) >= 11 is 0. The Labute approximate surface area is 167 Å². The van der Waals surface area contributed by atoms with Gasteiger partial charge in [-0.1, -0.05) is 56.5 Å². The van der Waals surface area contributed by atoms with Crippen LogP contribution in [0.2, 0.25) is 0 Å². The molecule has 1 saturated carbocycles. The summed E-state index contributed by atoms with van der Waals surface area (Å²) < 4.78 is 0. The molecule has 2 aromatic rings. The van der Waals surface area contributed by atoms with Crippen LogP contribution in [0, 0.1) is 5.92 Å². The number of carbonyl (C=O) groups excluding carboxylic acids is 1. The molecule has 0 spiro atoms. The third-order valence-corrected chi connectivity index (χ3v) is 7.03. The average molecular weight is 375 g/mol. The number of H-pyrrole nitrogens is 1. The first-order chi connectivity index (χ1) is 13.7. The van der Waals surface area contributed by atoms with Crippen molar-refractivity contribution < 1.29 is 4.79 Å². The highest BCUT2D eigenvalue weighted by molar-refractivity contribution is 6.19. The topological polar surface area (TPSA) is 45.2 Å². The molecular weight excluding hydrogens is 344 g/mol. The molecule has 2 unspecified atom stereocenters. The molecule has 2 heterocycles. The Morgan fingerprint density at radius 2 is 1.93 bits per heavy atom. The summed E-state index contributed by atoms with van der Waals surface area (Å²) in [4.78, 5) is 22.2. The second-order valence-corrected chi connectivity index (χ2v) is 8.93. The maximum atomic E-state index is 13.4. The van der Waals surface area contributed by atoms with E-state index >= 15 is 0 Å². The fourth-order valence-electron chi connectivity index (χ4n) is 5.65. The van der Waals surface area contributed by atoms with Crippen molar-refractivity contribution in [1.82, 2.24) is 4.98 Å². The first-order valence-corrected chi connectivity index (χ1v) is 11.1. The number of aromatic amines is 1. The number of hydrogen-bond acceptors (Lipinski definition) is 2. The number of rotatable bonds is 5. The molecule has 1 aliphatic heterocycles. The number of aliphatic imine (C=N–C) groups is 1. The molecule has 0 radical (unpaired) electrons. The highest BCUT2D eigenvalue weighted by Gasteiger charge is 2.44. The molecule has 1 aromatic heterocycles. The number of nitrogens with one attached hydrogen (secondary N) is 1. The minimum Gasteiger partial charge on any atom is -0.357 e. The minimum absolute atomic E-state index is 0.00663. The van der Waals surface area contributed by atoms with Crippen LogP contribution in [0.3, 0.4) is 0 Å². The third kappa shape index (κ3) is 3.05. The lowest BCUT2D eigenvalue weighted by Gasteiger charge is -2.26. The summed E-state index contributed by atoms with van der Waals surface area (Å²) in [6.45, 7) is 2.19. The van der Waals surface area contributed by atoms with E-state index in [1.807, 2.05) is 0 Å². The predicted octanol–water partition coefficient (Wildman–Crippen LogP) is 5.56. The molecule has 3 nitrogen and oxygen atoms in total. The fraction of sp³-hybridized carbons (Fsp3) is 0.520. The highest BCUT2D eigenvalue weighted by Crippen LogP contribution is 2.43. The summed E-state index contributed by atoms with van der Waals surface area (Å²) in [6.07, 6.45) is 9.02. The zero-order valence-corrected chi connectivity index (χ0v) is 16.8. The van der Waals surface area contributed by atoms with E-state index in [4.69, 9.17) is 4.99 Å². The van der Waals surface area contributed by atoms with E-state index in [0.29, 0.717) is 11.7 Å². The van der Waals surface area contributed by atoms with Crippen LogP contribution in [0.1, 0.15) is 86.2 Å². The maximum Gasteiger partial charge on any atom is 0.149 e. The number of fused-ring (bicyclic) bond motifs is 3. The summed E-state index contributed by atoms with van der Waals surface area (Å²) in [7, 11) is 0. The molecule has 0 bridgehead atoms. The molecule has 3 aliphatic rings. The van der Waals surface area contributed by atoms with Gasteiger partial charge in [0.05, 0.1) is 23.4 Å². The van der Waals surface area contributed by atoms with Gasteiger partial charge in [-0.3, -0.25) is 9.79 Å². The summed E-state index contributed by atoms with van der Waals surface area (Å²) in [6, 6.07) is 13.1. The molecule has 1 N–H and O–H groups in total. The van der Waals surface area contributed by atoms with Crippen LogP contribution in [0.25, 0.3) is 0 Å². The Morgan fingerprint density at radius 3 is 2.68 bits per heavy atom.